The molecule has 8 nitrogen and oxygen atoms in total. The Morgan fingerprint density at radius 1 is 1.13 bits per heavy atom. The van der Waals surface area contributed by atoms with Gasteiger partial charge in [-0.15, -0.1) is 0 Å². The molecule has 1 aromatic heterocycles. The van der Waals surface area contributed by atoms with Gasteiger partial charge >= 0.3 is 0 Å². The van der Waals surface area contributed by atoms with Crippen molar-refractivity contribution < 1.29 is 24.1 Å². The molecule has 2 heterocycles. The van der Waals surface area contributed by atoms with Gasteiger partial charge in [0.2, 0.25) is 4.77 Å². The molecule has 1 aliphatic rings. The summed E-state index contributed by atoms with van der Waals surface area (Å²) in [5.41, 5.74) is 4.65. The van der Waals surface area contributed by atoms with Crippen LogP contribution in [0.25, 0.3) is 11.4 Å². The predicted octanol–water partition coefficient (Wildman–Crippen LogP) is 6.56. The molecule has 1 aliphatic heterocycles. The van der Waals surface area contributed by atoms with E-state index in [0.29, 0.717) is 35.1 Å². The van der Waals surface area contributed by atoms with Gasteiger partial charge in [0.1, 0.15) is 24.2 Å². The van der Waals surface area contributed by atoms with Gasteiger partial charge in [0.25, 0.3) is 0 Å². The van der Waals surface area contributed by atoms with Crippen LogP contribution >= 0.6 is 12.2 Å². The lowest BCUT2D eigenvalue weighted by Gasteiger charge is -2.28. The van der Waals surface area contributed by atoms with Crippen LogP contribution in [0.15, 0.2) is 60.7 Å². The number of phenolic OH excluding ortho intramolecular Hbond substituents is 1. The number of carbonyl (C=O) groups excluding carboxylic acids is 1. The molecule has 3 N–H and O–H groups in total. The number of nitrogens with one attached hydrogen (secondary N) is 2. The van der Waals surface area contributed by atoms with Crippen LogP contribution in [0.2, 0.25) is 0 Å². The Balaban J connectivity index is 1.37. The predicted molar refractivity (Wildman–Crippen MR) is 149 cm³/mol. The van der Waals surface area contributed by atoms with Crippen LogP contribution in [0, 0.1) is 11.7 Å². The van der Waals surface area contributed by atoms with Crippen LogP contribution in [-0.4, -0.2) is 39.0 Å². The summed E-state index contributed by atoms with van der Waals surface area (Å²) in [6.45, 7) is 4.17. The Hall–Kier alpha value is -3.79. The maximum Gasteiger partial charge on any atom is 0.213 e. The first-order valence-corrected chi connectivity index (χ1v) is 13.4. The number of Topliss-reactive ketones (excluding diaryl/α,β-unsaturated/α-hetero) is 1. The molecule has 0 amide bonds. The molecule has 0 saturated carbocycles. The standard InChI is InChI=1S/C30H31N3O5S/c1-18-25(14-13-24(19(2)34)27(18)35)37-17-20-9-11-21(12-10-20)28(38-26-8-3-4-15-36-26)22-6-5-7-23(16-22)29-31-30(39)33-32-29/h5-7,9-14,16,26,28,35H,3-4,8,15,17H2,1-2H3,(H2,31,32,33,39). The van der Waals surface area contributed by atoms with Gasteiger partial charge < -0.3 is 19.3 Å². The van der Waals surface area contributed by atoms with Gasteiger partial charge in [0.15, 0.2) is 17.9 Å². The van der Waals surface area contributed by atoms with E-state index < -0.39 is 0 Å². The Bertz CT molecular complexity index is 1510. The summed E-state index contributed by atoms with van der Waals surface area (Å²) < 4.78 is 18.8. The van der Waals surface area contributed by atoms with Gasteiger partial charge in [-0.05, 0) is 80.2 Å². The zero-order valence-corrected chi connectivity index (χ0v) is 22.7. The molecule has 0 spiro atoms. The summed E-state index contributed by atoms with van der Waals surface area (Å²) in [5, 5.41) is 16.2. The molecular formula is C30H31N3O5S. The second-order valence-corrected chi connectivity index (χ2v) is 10.0. The van der Waals surface area contributed by atoms with Crippen molar-refractivity contribution in [2.24, 2.45) is 0 Å². The second-order valence-electron chi connectivity index (χ2n) is 9.62. The lowest BCUT2D eigenvalue weighted by molar-refractivity contribution is -0.181. The summed E-state index contributed by atoms with van der Waals surface area (Å²) >= 11 is 5.12. The van der Waals surface area contributed by atoms with Crippen LogP contribution in [0.1, 0.15) is 64.9 Å². The van der Waals surface area contributed by atoms with Crippen molar-refractivity contribution in [3.63, 3.8) is 0 Å². The maximum absolute atomic E-state index is 11.7. The number of ketones is 1. The third-order valence-corrected chi connectivity index (χ3v) is 7.02. The molecular weight excluding hydrogens is 514 g/mol. The first kappa shape index (κ1) is 26.8. The van der Waals surface area contributed by atoms with Crippen molar-refractivity contribution in [2.75, 3.05) is 6.61 Å². The highest BCUT2D eigenvalue weighted by Crippen LogP contribution is 2.33. The van der Waals surface area contributed by atoms with E-state index in [4.69, 9.17) is 26.4 Å². The minimum absolute atomic E-state index is 0.0427. The van der Waals surface area contributed by atoms with Crippen LogP contribution < -0.4 is 4.74 Å². The van der Waals surface area contributed by atoms with E-state index in [0.717, 1.165) is 41.5 Å². The number of rotatable bonds is 9. The molecule has 1 fully saturated rings. The van der Waals surface area contributed by atoms with Gasteiger partial charge in [-0.2, -0.15) is 4.98 Å². The Morgan fingerprint density at radius 2 is 1.95 bits per heavy atom. The number of carbonyl (C=O) groups is 1. The third-order valence-electron chi connectivity index (χ3n) is 6.83. The summed E-state index contributed by atoms with van der Waals surface area (Å²) in [6, 6.07) is 19.4. The summed E-state index contributed by atoms with van der Waals surface area (Å²) in [6.07, 6.45) is 2.34. The number of aromatic nitrogens is 3. The fourth-order valence-electron chi connectivity index (χ4n) is 4.65. The van der Waals surface area contributed by atoms with Crippen molar-refractivity contribution in [3.8, 4) is 22.9 Å². The fourth-order valence-corrected chi connectivity index (χ4v) is 4.79. The lowest BCUT2D eigenvalue weighted by Crippen LogP contribution is -2.25. The highest BCUT2D eigenvalue weighted by atomic mass is 32.1. The molecule has 2 atom stereocenters. The van der Waals surface area contributed by atoms with Crippen molar-refractivity contribution in [3.05, 3.63) is 93.3 Å². The topological polar surface area (TPSA) is 109 Å². The largest absolute Gasteiger partial charge is 0.507 e. The molecule has 3 aromatic carbocycles. The average Bonchev–Trinajstić information content (AvgIpc) is 3.39. The molecule has 4 aromatic rings. The molecule has 202 valence electrons. The number of nitrogens with zero attached hydrogens (tertiary/aromatic N) is 1. The maximum atomic E-state index is 11.7. The van der Waals surface area contributed by atoms with Gasteiger partial charge in [0, 0.05) is 17.7 Å². The molecule has 0 bridgehead atoms. The number of aromatic hydroxyl groups is 1. The lowest BCUT2D eigenvalue weighted by atomic mass is 9.98. The van der Waals surface area contributed by atoms with Gasteiger partial charge in [-0.25, -0.2) is 0 Å². The molecule has 2 unspecified atom stereocenters. The van der Waals surface area contributed by atoms with Gasteiger partial charge in [0.05, 0.1) is 5.56 Å². The second kappa shape index (κ2) is 11.9. The number of hydrogen-bond donors (Lipinski definition) is 3. The van der Waals surface area contributed by atoms with E-state index in [1.807, 2.05) is 48.5 Å². The third kappa shape index (κ3) is 6.27. The normalized spacial score (nSPS) is 16.1. The van der Waals surface area contributed by atoms with E-state index in [9.17, 15) is 9.90 Å². The minimum Gasteiger partial charge on any atom is -0.507 e. The smallest absolute Gasteiger partial charge is 0.213 e. The number of benzene rings is 3. The Labute approximate surface area is 232 Å². The highest BCUT2D eigenvalue weighted by molar-refractivity contribution is 7.71. The highest BCUT2D eigenvalue weighted by Gasteiger charge is 2.23. The molecule has 9 heteroatoms. The van der Waals surface area contributed by atoms with E-state index in [1.165, 1.54) is 6.92 Å². The number of aromatic amines is 2. The minimum atomic E-state index is -0.344. The molecule has 1 saturated heterocycles. The van der Waals surface area contributed by atoms with Gasteiger partial charge in [-0.1, -0.05) is 42.5 Å². The summed E-state index contributed by atoms with van der Waals surface area (Å²) in [5.74, 6) is 0.969. The van der Waals surface area contributed by atoms with E-state index in [1.54, 1.807) is 19.1 Å². The van der Waals surface area contributed by atoms with E-state index in [-0.39, 0.29) is 29.5 Å². The monoisotopic (exact) mass is 545 g/mol. The molecule has 39 heavy (non-hydrogen) atoms. The number of phenols is 1. The van der Waals surface area contributed by atoms with Crippen LogP contribution in [0.4, 0.5) is 0 Å². The SMILES string of the molecule is CC(=O)c1ccc(OCc2ccc(C(OC3CCCCO3)c3cccc(-c4nc(=S)[nH][nH]4)c3)cc2)c(C)c1O. The van der Waals surface area contributed by atoms with Crippen LogP contribution in [-0.2, 0) is 16.1 Å². The van der Waals surface area contributed by atoms with E-state index in [2.05, 4.69) is 15.2 Å². The molecule has 0 aliphatic carbocycles. The van der Waals surface area contributed by atoms with Crippen molar-refractivity contribution in [2.45, 2.75) is 52.1 Å². The molecule has 0 radical (unpaired) electrons. The number of hydrogen-bond acceptors (Lipinski definition) is 7. The Morgan fingerprint density at radius 3 is 2.64 bits per heavy atom. The van der Waals surface area contributed by atoms with Crippen LogP contribution in [0.3, 0.4) is 0 Å². The fraction of sp³-hybridized carbons (Fsp3) is 0.300. The zero-order valence-electron chi connectivity index (χ0n) is 21.9. The average molecular weight is 546 g/mol. The van der Waals surface area contributed by atoms with Crippen LogP contribution in [0.5, 0.6) is 11.5 Å². The first-order chi connectivity index (χ1) is 18.9. The van der Waals surface area contributed by atoms with Crippen molar-refractivity contribution >= 4 is 18.0 Å². The van der Waals surface area contributed by atoms with E-state index >= 15 is 0 Å². The Kier molecular flexibility index (Phi) is 8.21. The summed E-state index contributed by atoms with van der Waals surface area (Å²) in [7, 11) is 0. The van der Waals surface area contributed by atoms with Crippen molar-refractivity contribution in [1.82, 2.24) is 15.2 Å². The first-order valence-electron chi connectivity index (χ1n) is 13.0. The van der Waals surface area contributed by atoms with Gasteiger partial charge in [-0.3, -0.25) is 15.0 Å². The quantitative estimate of drug-likeness (QED) is 0.161. The molecule has 5 rings (SSSR count). The number of H-pyrrole nitrogens is 2. The van der Waals surface area contributed by atoms with Crippen molar-refractivity contribution in [1.29, 1.82) is 0 Å². The summed E-state index contributed by atoms with van der Waals surface area (Å²) in [4.78, 5) is 16.0. The zero-order chi connectivity index (χ0) is 27.4. The number of ether oxygens (including phenoxy) is 3.